The fourth-order valence-electron chi connectivity index (χ4n) is 1.21. The van der Waals surface area contributed by atoms with Gasteiger partial charge in [-0.25, -0.2) is 0 Å². The van der Waals surface area contributed by atoms with Gasteiger partial charge in [0.1, 0.15) is 0 Å². The Morgan fingerprint density at radius 2 is 2.14 bits per heavy atom. The summed E-state index contributed by atoms with van der Waals surface area (Å²) < 4.78 is 0. The lowest BCUT2D eigenvalue weighted by molar-refractivity contribution is -0.133. The molecular weight excluding hydrogens is 202 g/mol. The first kappa shape index (κ1) is 11.4. The predicted octanol–water partition coefficient (Wildman–Crippen LogP) is 0.576. The van der Waals surface area contributed by atoms with Gasteiger partial charge in [-0.15, -0.1) is 11.8 Å². The van der Waals surface area contributed by atoms with Gasteiger partial charge in [-0.05, 0) is 18.3 Å². The molecule has 2 N–H and O–H groups in total. The quantitative estimate of drug-likeness (QED) is 0.683. The fraction of sp³-hybridized carbons (Fsp3) is 0.778. The smallest absolute Gasteiger partial charge is 0.313 e. The van der Waals surface area contributed by atoms with Crippen LogP contribution in [0, 0.1) is 11.8 Å². The first-order chi connectivity index (χ1) is 6.59. The van der Waals surface area contributed by atoms with Crippen molar-refractivity contribution in [3.63, 3.8) is 0 Å². The Labute approximate surface area is 87.4 Å². The summed E-state index contributed by atoms with van der Waals surface area (Å²) in [5.74, 6) is 0.681. The number of aliphatic carboxylic acids is 1. The number of rotatable bonds is 6. The average Bonchev–Trinajstić information content (AvgIpc) is 2.78. The molecular formula is C9H15NO3S. The van der Waals surface area contributed by atoms with Crippen LogP contribution in [0.15, 0.2) is 0 Å². The Morgan fingerprint density at radius 3 is 2.64 bits per heavy atom. The Bertz CT molecular complexity index is 232. The van der Waals surface area contributed by atoms with Gasteiger partial charge in [0, 0.05) is 6.54 Å². The van der Waals surface area contributed by atoms with Crippen LogP contribution in [0.1, 0.15) is 13.3 Å². The van der Waals surface area contributed by atoms with Crippen molar-refractivity contribution < 1.29 is 14.7 Å². The highest BCUT2D eigenvalue weighted by molar-refractivity contribution is 8.00. The molecule has 0 aromatic carbocycles. The molecule has 1 aliphatic carbocycles. The summed E-state index contributed by atoms with van der Waals surface area (Å²) in [6.07, 6.45) is 1.20. The van der Waals surface area contributed by atoms with Crippen molar-refractivity contribution in [3.8, 4) is 0 Å². The van der Waals surface area contributed by atoms with Crippen LogP contribution in [0.4, 0.5) is 0 Å². The normalized spacial score (nSPS) is 24.4. The van der Waals surface area contributed by atoms with Crippen LogP contribution in [-0.4, -0.2) is 35.0 Å². The Morgan fingerprint density at radius 1 is 1.50 bits per heavy atom. The molecule has 0 spiro atoms. The van der Waals surface area contributed by atoms with Crippen LogP contribution < -0.4 is 5.32 Å². The van der Waals surface area contributed by atoms with Crippen molar-refractivity contribution in [2.24, 2.45) is 11.8 Å². The molecule has 1 aliphatic rings. The molecule has 80 valence electrons. The zero-order chi connectivity index (χ0) is 10.6. The number of thioether (sulfide) groups is 1. The number of carboxylic acid groups (broad SMARTS) is 1. The van der Waals surface area contributed by atoms with Crippen LogP contribution >= 0.6 is 11.8 Å². The molecule has 4 nitrogen and oxygen atoms in total. The van der Waals surface area contributed by atoms with Gasteiger partial charge >= 0.3 is 5.97 Å². The SMILES string of the molecule is CC1CC1CNC(=O)CSCC(=O)O. The van der Waals surface area contributed by atoms with Gasteiger partial charge in [-0.1, -0.05) is 6.92 Å². The maximum Gasteiger partial charge on any atom is 0.313 e. The summed E-state index contributed by atoms with van der Waals surface area (Å²) in [6, 6.07) is 0. The number of carboxylic acids is 1. The minimum Gasteiger partial charge on any atom is -0.481 e. The summed E-state index contributed by atoms with van der Waals surface area (Å²) in [6.45, 7) is 2.91. The molecule has 1 fully saturated rings. The van der Waals surface area contributed by atoms with E-state index in [1.54, 1.807) is 0 Å². The van der Waals surface area contributed by atoms with Crippen molar-refractivity contribution in [1.29, 1.82) is 0 Å². The first-order valence-electron chi connectivity index (χ1n) is 4.66. The monoisotopic (exact) mass is 217 g/mol. The van der Waals surface area contributed by atoms with Crippen LogP contribution in [-0.2, 0) is 9.59 Å². The summed E-state index contributed by atoms with van der Waals surface area (Å²) in [5.41, 5.74) is 0. The summed E-state index contributed by atoms with van der Waals surface area (Å²) >= 11 is 1.13. The van der Waals surface area contributed by atoms with Crippen LogP contribution in [0.3, 0.4) is 0 Å². The third-order valence-electron chi connectivity index (χ3n) is 2.30. The zero-order valence-corrected chi connectivity index (χ0v) is 8.97. The van der Waals surface area contributed by atoms with Crippen molar-refractivity contribution in [3.05, 3.63) is 0 Å². The molecule has 14 heavy (non-hydrogen) atoms. The van der Waals surface area contributed by atoms with Crippen molar-refractivity contribution in [2.45, 2.75) is 13.3 Å². The highest BCUT2D eigenvalue weighted by Crippen LogP contribution is 2.36. The Kier molecular flexibility index (Phi) is 4.25. The van der Waals surface area contributed by atoms with Crippen LogP contribution in [0.2, 0.25) is 0 Å². The topological polar surface area (TPSA) is 66.4 Å². The minimum absolute atomic E-state index is 0.00670. The molecule has 0 saturated heterocycles. The third-order valence-corrected chi connectivity index (χ3v) is 3.21. The van der Waals surface area contributed by atoms with E-state index in [2.05, 4.69) is 12.2 Å². The lowest BCUT2D eigenvalue weighted by Gasteiger charge is -2.02. The molecule has 0 aliphatic heterocycles. The van der Waals surface area contributed by atoms with Gasteiger partial charge < -0.3 is 10.4 Å². The summed E-state index contributed by atoms with van der Waals surface area (Å²) in [4.78, 5) is 21.3. The van der Waals surface area contributed by atoms with E-state index in [4.69, 9.17) is 5.11 Å². The molecule has 0 aromatic rings. The van der Waals surface area contributed by atoms with Crippen molar-refractivity contribution >= 4 is 23.6 Å². The van der Waals surface area contributed by atoms with Crippen LogP contribution in [0.5, 0.6) is 0 Å². The molecule has 1 saturated carbocycles. The highest BCUT2D eigenvalue weighted by atomic mass is 32.2. The minimum atomic E-state index is -0.876. The first-order valence-corrected chi connectivity index (χ1v) is 5.81. The standard InChI is InChI=1S/C9H15NO3S/c1-6-2-7(6)3-10-8(11)4-14-5-9(12)13/h6-7H,2-5H2,1H3,(H,10,11)(H,12,13). The van der Waals surface area contributed by atoms with Gasteiger partial charge in [0.15, 0.2) is 0 Å². The summed E-state index contributed by atoms with van der Waals surface area (Å²) in [7, 11) is 0. The molecule has 0 heterocycles. The summed E-state index contributed by atoms with van der Waals surface area (Å²) in [5, 5.41) is 11.1. The highest BCUT2D eigenvalue weighted by Gasteiger charge is 2.32. The second kappa shape index (κ2) is 5.24. The molecule has 0 radical (unpaired) electrons. The molecule has 1 amide bonds. The number of carbonyl (C=O) groups is 2. The van der Waals surface area contributed by atoms with E-state index in [9.17, 15) is 9.59 Å². The van der Waals surface area contributed by atoms with Gasteiger partial charge in [0.2, 0.25) is 5.91 Å². The maximum absolute atomic E-state index is 11.1. The molecule has 2 atom stereocenters. The number of carbonyl (C=O) groups excluding carboxylic acids is 1. The number of amides is 1. The zero-order valence-electron chi connectivity index (χ0n) is 8.16. The van der Waals surface area contributed by atoms with Gasteiger partial charge in [0.05, 0.1) is 11.5 Å². The molecule has 5 heteroatoms. The lowest BCUT2D eigenvalue weighted by atomic mass is 10.3. The van der Waals surface area contributed by atoms with Gasteiger partial charge in [-0.2, -0.15) is 0 Å². The second-order valence-corrected chi connectivity index (χ2v) is 4.65. The van der Waals surface area contributed by atoms with Crippen molar-refractivity contribution in [1.82, 2.24) is 5.32 Å². The number of hydrogen-bond donors (Lipinski definition) is 2. The predicted molar refractivity (Wildman–Crippen MR) is 55.2 cm³/mol. The number of hydrogen-bond acceptors (Lipinski definition) is 3. The van der Waals surface area contributed by atoms with Crippen LogP contribution in [0.25, 0.3) is 0 Å². The van der Waals surface area contributed by atoms with E-state index in [0.29, 0.717) is 5.92 Å². The largest absolute Gasteiger partial charge is 0.481 e. The van der Waals surface area contributed by atoms with Gasteiger partial charge in [-0.3, -0.25) is 9.59 Å². The van der Waals surface area contributed by atoms with Crippen molar-refractivity contribution in [2.75, 3.05) is 18.1 Å². The average molecular weight is 217 g/mol. The van der Waals surface area contributed by atoms with E-state index in [1.165, 1.54) is 6.42 Å². The molecule has 2 unspecified atom stereocenters. The lowest BCUT2D eigenvalue weighted by Crippen LogP contribution is -2.27. The fourth-order valence-corrected chi connectivity index (χ4v) is 1.77. The maximum atomic E-state index is 11.1. The van der Waals surface area contributed by atoms with Gasteiger partial charge in [0.25, 0.3) is 0 Å². The molecule has 0 bridgehead atoms. The Hall–Kier alpha value is -0.710. The third kappa shape index (κ3) is 4.50. The van der Waals surface area contributed by atoms with E-state index in [-0.39, 0.29) is 17.4 Å². The van der Waals surface area contributed by atoms with E-state index >= 15 is 0 Å². The van der Waals surface area contributed by atoms with E-state index < -0.39 is 5.97 Å². The van der Waals surface area contributed by atoms with E-state index in [0.717, 1.165) is 24.2 Å². The van der Waals surface area contributed by atoms with E-state index in [1.807, 2.05) is 0 Å². The molecule has 0 aromatic heterocycles. The second-order valence-electron chi connectivity index (χ2n) is 3.66. The number of nitrogens with one attached hydrogen (secondary N) is 1. The molecule has 1 rings (SSSR count). The Balaban J connectivity index is 1.96.